The number of benzene rings is 2. The van der Waals surface area contributed by atoms with E-state index in [1.165, 1.54) is 12.1 Å². The van der Waals surface area contributed by atoms with Crippen molar-refractivity contribution >= 4 is 15.9 Å². The molecule has 1 nitrogen and oxygen atoms in total. The molecule has 4 heteroatoms. The molecule has 2 rings (SSSR count). The van der Waals surface area contributed by atoms with Crippen molar-refractivity contribution in [2.45, 2.75) is 11.9 Å². The van der Waals surface area contributed by atoms with Crippen LogP contribution >= 0.6 is 15.9 Å². The first-order chi connectivity index (χ1) is 8.69. The Morgan fingerprint density at radius 3 is 2.33 bits per heavy atom. The average molecular weight is 313 g/mol. The maximum absolute atomic E-state index is 13.3. The molecule has 0 saturated carbocycles. The highest BCUT2D eigenvalue weighted by atomic mass is 79.9. The number of alkyl halides is 1. The van der Waals surface area contributed by atoms with Crippen molar-refractivity contribution in [1.29, 1.82) is 0 Å². The Morgan fingerprint density at radius 1 is 1.00 bits per heavy atom. The van der Waals surface area contributed by atoms with Crippen LogP contribution in [-0.2, 0) is 11.9 Å². The molecule has 0 fully saturated rings. The van der Waals surface area contributed by atoms with Crippen molar-refractivity contribution in [3.05, 3.63) is 65.2 Å². The van der Waals surface area contributed by atoms with Gasteiger partial charge in [-0.1, -0.05) is 28.1 Å². The first-order valence-corrected chi connectivity index (χ1v) is 6.53. The Labute approximate surface area is 113 Å². The van der Waals surface area contributed by atoms with Crippen LogP contribution in [-0.4, -0.2) is 0 Å². The Bertz CT molecular complexity index is 526. The van der Waals surface area contributed by atoms with Gasteiger partial charge in [-0.2, -0.15) is 0 Å². The molecule has 0 aliphatic carbocycles. The normalized spacial score (nSPS) is 10.4. The van der Waals surface area contributed by atoms with E-state index in [0.717, 1.165) is 17.0 Å². The topological polar surface area (TPSA) is 9.23 Å². The van der Waals surface area contributed by atoms with E-state index < -0.39 is 11.6 Å². The number of rotatable bonds is 4. The van der Waals surface area contributed by atoms with Crippen LogP contribution in [0.4, 0.5) is 8.78 Å². The molecule has 2 aromatic carbocycles. The quantitative estimate of drug-likeness (QED) is 0.758. The summed E-state index contributed by atoms with van der Waals surface area (Å²) < 4.78 is 31.5. The van der Waals surface area contributed by atoms with Crippen LogP contribution in [0.5, 0.6) is 5.75 Å². The van der Waals surface area contributed by atoms with Crippen LogP contribution in [0.25, 0.3) is 0 Å². The third kappa shape index (κ3) is 3.29. The standard InChI is InChI=1S/C14H11BrF2O/c15-8-10-1-5-13(6-2-10)18-9-11-3-4-12(16)7-14(11)17/h1-7H,8-9H2. The van der Waals surface area contributed by atoms with Crippen molar-refractivity contribution in [3.8, 4) is 5.75 Å². The maximum Gasteiger partial charge on any atom is 0.132 e. The Hall–Kier alpha value is -1.42. The van der Waals surface area contributed by atoms with Gasteiger partial charge in [0.25, 0.3) is 0 Å². The summed E-state index contributed by atoms with van der Waals surface area (Å²) in [5, 5.41) is 0.778. The zero-order valence-corrected chi connectivity index (χ0v) is 11.1. The molecule has 0 atom stereocenters. The van der Waals surface area contributed by atoms with Crippen molar-refractivity contribution < 1.29 is 13.5 Å². The lowest BCUT2D eigenvalue weighted by molar-refractivity contribution is 0.299. The highest BCUT2D eigenvalue weighted by molar-refractivity contribution is 9.08. The third-order valence-corrected chi connectivity index (χ3v) is 3.13. The number of hydrogen-bond donors (Lipinski definition) is 0. The lowest BCUT2D eigenvalue weighted by Crippen LogP contribution is -1.99. The van der Waals surface area contributed by atoms with E-state index in [-0.39, 0.29) is 6.61 Å². The molecule has 0 N–H and O–H groups in total. The average Bonchev–Trinajstić information content (AvgIpc) is 2.38. The molecule has 0 heterocycles. The zero-order valence-electron chi connectivity index (χ0n) is 9.50. The second-order valence-corrected chi connectivity index (χ2v) is 4.36. The van der Waals surface area contributed by atoms with E-state index >= 15 is 0 Å². The van der Waals surface area contributed by atoms with Gasteiger partial charge in [0, 0.05) is 17.0 Å². The van der Waals surface area contributed by atoms with Gasteiger partial charge in [0.05, 0.1) is 0 Å². The minimum Gasteiger partial charge on any atom is -0.489 e. The summed E-state index contributed by atoms with van der Waals surface area (Å²) in [4.78, 5) is 0. The van der Waals surface area contributed by atoms with Crippen molar-refractivity contribution in [3.63, 3.8) is 0 Å². The van der Waals surface area contributed by atoms with E-state index in [0.29, 0.717) is 11.3 Å². The highest BCUT2D eigenvalue weighted by Crippen LogP contribution is 2.17. The van der Waals surface area contributed by atoms with Gasteiger partial charge in [0.15, 0.2) is 0 Å². The van der Waals surface area contributed by atoms with Gasteiger partial charge >= 0.3 is 0 Å². The molecule has 0 aliphatic heterocycles. The number of hydrogen-bond acceptors (Lipinski definition) is 1. The third-order valence-electron chi connectivity index (χ3n) is 2.49. The molecule has 0 saturated heterocycles. The van der Waals surface area contributed by atoms with Gasteiger partial charge in [-0.05, 0) is 29.8 Å². The lowest BCUT2D eigenvalue weighted by atomic mass is 10.2. The monoisotopic (exact) mass is 312 g/mol. The number of ether oxygens (including phenoxy) is 1. The van der Waals surface area contributed by atoms with E-state index in [2.05, 4.69) is 15.9 Å². The molecule has 0 radical (unpaired) electrons. The molecular weight excluding hydrogens is 302 g/mol. The van der Waals surface area contributed by atoms with Gasteiger partial charge in [-0.3, -0.25) is 0 Å². The molecule has 0 aromatic heterocycles. The van der Waals surface area contributed by atoms with Gasteiger partial charge in [0.1, 0.15) is 24.0 Å². The highest BCUT2D eigenvalue weighted by Gasteiger charge is 2.04. The second kappa shape index (κ2) is 5.96. The molecule has 0 unspecified atom stereocenters. The van der Waals surface area contributed by atoms with Crippen LogP contribution in [0.15, 0.2) is 42.5 Å². The Kier molecular flexibility index (Phi) is 4.31. The number of halogens is 3. The fraction of sp³-hybridized carbons (Fsp3) is 0.143. The first kappa shape index (κ1) is 13.0. The van der Waals surface area contributed by atoms with Gasteiger partial charge in [-0.15, -0.1) is 0 Å². The van der Waals surface area contributed by atoms with E-state index in [9.17, 15) is 8.78 Å². The largest absolute Gasteiger partial charge is 0.489 e. The smallest absolute Gasteiger partial charge is 0.132 e. The fourth-order valence-electron chi connectivity index (χ4n) is 1.47. The van der Waals surface area contributed by atoms with Crippen LogP contribution in [0.2, 0.25) is 0 Å². The predicted octanol–water partition coefficient (Wildman–Crippen LogP) is 4.44. The minimum absolute atomic E-state index is 0.0831. The zero-order chi connectivity index (χ0) is 13.0. The summed E-state index contributed by atoms with van der Waals surface area (Å²) in [6.45, 7) is 0.0831. The van der Waals surface area contributed by atoms with E-state index in [1.54, 1.807) is 0 Å². The summed E-state index contributed by atoms with van der Waals surface area (Å²) in [5.41, 5.74) is 1.47. The van der Waals surface area contributed by atoms with Crippen LogP contribution in [0.3, 0.4) is 0 Å². The molecule has 0 amide bonds. The van der Waals surface area contributed by atoms with Crippen molar-refractivity contribution in [2.24, 2.45) is 0 Å². The van der Waals surface area contributed by atoms with Crippen molar-refractivity contribution in [1.82, 2.24) is 0 Å². The Balaban J connectivity index is 2.02. The summed E-state index contributed by atoms with van der Waals surface area (Å²) in [5.74, 6) is -0.520. The SMILES string of the molecule is Fc1ccc(COc2ccc(CBr)cc2)c(F)c1. The fourth-order valence-corrected chi connectivity index (χ4v) is 1.85. The molecular formula is C14H11BrF2O. The minimum atomic E-state index is -0.591. The molecule has 0 spiro atoms. The van der Waals surface area contributed by atoms with Crippen LogP contribution in [0.1, 0.15) is 11.1 Å². The maximum atomic E-state index is 13.3. The summed E-state index contributed by atoms with van der Waals surface area (Å²) in [6.07, 6.45) is 0. The van der Waals surface area contributed by atoms with E-state index in [4.69, 9.17) is 4.74 Å². The molecule has 18 heavy (non-hydrogen) atoms. The summed E-state index contributed by atoms with van der Waals surface area (Å²) in [7, 11) is 0. The van der Waals surface area contributed by atoms with Gasteiger partial charge < -0.3 is 4.74 Å². The van der Waals surface area contributed by atoms with Crippen LogP contribution < -0.4 is 4.74 Å². The Morgan fingerprint density at radius 2 is 1.72 bits per heavy atom. The molecule has 0 bridgehead atoms. The predicted molar refractivity (Wildman–Crippen MR) is 69.8 cm³/mol. The summed E-state index contributed by atoms with van der Waals surface area (Å²) in [6, 6.07) is 10.9. The summed E-state index contributed by atoms with van der Waals surface area (Å²) >= 11 is 3.35. The van der Waals surface area contributed by atoms with Gasteiger partial charge in [0.2, 0.25) is 0 Å². The molecule has 94 valence electrons. The molecule has 2 aromatic rings. The van der Waals surface area contributed by atoms with Crippen LogP contribution in [0, 0.1) is 11.6 Å². The molecule has 0 aliphatic rings. The second-order valence-electron chi connectivity index (χ2n) is 3.80. The van der Waals surface area contributed by atoms with Gasteiger partial charge in [-0.25, -0.2) is 8.78 Å². The lowest BCUT2D eigenvalue weighted by Gasteiger charge is -2.07. The van der Waals surface area contributed by atoms with E-state index in [1.807, 2.05) is 24.3 Å². The first-order valence-electron chi connectivity index (χ1n) is 5.40. The van der Waals surface area contributed by atoms with Crippen molar-refractivity contribution in [2.75, 3.05) is 0 Å².